The third-order valence-electron chi connectivity index (χ3n) is 2.94. The molecule has 0 spiro atoms. The van der Waals surface area contributed by atoms with Crippen LogP contribution in [0.3, 0.4) is 0 Å². The van der Waals surface area contributed by atoms with Gasteiger partial charge in [-0.3, -0.25) is 4.99 Å². The van der Waals surface area contributed by atoms with Gasteiger partial charge in [0.2, 0.25) is 0 Å². The topological polar surface area (TPSA) is 36.1 Å². The van der Waals surface area contributed by atoms with Crippen LogP contribution >= 0.6 is 0 Å². The summed E-state index contributed by atoms with van der Waals surface area (Å²) in [5, 5.41) is 8.81. The number of nitrogens with zero attached hydrogens (tertiary/aromatic N) is 2. The van der Waals surface area contributed by atoms with Crippen molar-refractivity contribution in [2.24, 2.45) is 10.9 Å². The van der Waals surface area contributed by atoms with Crippen molar-refractivity contribution in [3.8, 4) is 6.07 Å². The summed E-state index contributed by atoms with van der Waals surface area (Å²) >= 11 is 0. The minimum atomic E-state index is 0.637. The minimum absolute atomic E-state index is 0.637. The fraction of sp³-hybridized carbons (Fsp3) is 0.412. The molecule has 0 heterocycles. The highest BCUT2D eigenvalue weighted by Gasteiger charge is 1.98. The van der Waals surface area contributed by atoms with Crippen molar-refractivity contribution in [1.29, 1.82) is 5.26 Å². The largest absolute Gasteiger partial charge is 0.261 e. The summed E-state index contributed by atoms with van der Waals surface area (Å²) in [7, 11) is 0. The predicted molar refractivity (Wildman–Crippen MR) is 81.8 cm³/mol. The second-order valence-electron chi connectivity index (χ2n) is 5.17. The maximum Gasteiger partial charge on any atom is 0.0992 e. The quantitative estimate of drug-likeness (QED) is 0.518. The molecule has 2 heteroatoms. The predicted octanol–water partition coefficient (Wildman–Crippen LogP) is 5.03. The van der Waals surface area contributed by atoms with E-state index in [0.29, 0.717) is 11.5 Å². The molecule has 0 aliphatic rings. The molecule has 19 heavy (non-hydrogen) atoms. The van der Waals surface area contributed by atoms with Gasteiger partial charge in [0.05, 0.1) is 17.3 Å². The van der Waals surface area contributed by atoms with E-state index in [-0.39, 0.29) is 0 Å². The Morgan fingerprint density at radius 3 is 2.89 bits per heavy atom. The molecule has 1 rings (SSSR count). The number of rotatable bonds is 6. The lowest BCUT2D eigenvalue weighted by Crippen LogP contribution is -1.94. The lowest BCUT2D eigenvalue weighted by molar-refractivity contribution is 0.563. The van der Waals surface area contributed by atoms with Gasteiger partial charge < -0.3 is 0 Å². The molecule has 0 aliphatic heterocycles. The number of allylic oxidation sites excluding steroid dienone is 2. The Morgan fingerprint density at radius 1 is 1.42 bits per heavy atom. The third kappa shape index (κ3) is 6.57. The molecule has 0 amide bonds. The van der Waals surface area contributed by atoms with E-state index in [0.717, 1.165) is 18.5 Å². The first-order valence-corrected chi connectivity index (χ1v) is 6.78. The molecule has 0 aliphatic carbocycles. The van der Waals surface area contributed by atoms with Gasteiger partial charge in [0.1, 0.15) is 0 Å². The van der Waals surface area contributed by atoms with Crippen LogP contribution in [0.4, 0.5) is 5.69 Å². The zero-order valence-corrected chi connectivity index (χ0v) is 12.1. The SMILES string of the molecule is CC(C)=CCCC(C)CC=Nc1cccc(C#N)c1. The van der Waals surface area contributed by atoms with Crippen molar-refractivity contribution in [3.05, 3.63) is 41.5 Å². The summed E-state index contributed by atoms with van der Waals surface area (Å²) < 4.78 is 0. The van der Waals surface area contributed by atoms with Gasteiger partial charge in [0.25, 0.3) is 0 Å². The molecular weight excluding hydrogens is 232 g/mol. The molecule has 1 aromatic carbocycles. The van der Waals surface area contributed by atoms with E-state index in [9.17, 15) is 0 Å². The second kappa shape index (κ2) is 8.26. The van der Waals surface area contributed by atoms with E-state index in [1.54, 1.807) is 6.07 Å². The Kier molecular flexibility index (Phi) is 6.60. The van der Waals surface area contributed by atoms with Gasteiger partial charge in [-0.2, -0.15) is 5.26 Å². The zero-order chi connectivity index (χ0) is 14.1. The van der Waals surface area contributed by atoms with Gasteiger partial charge in [-0.25, -0.2) is 0 Å². The lowest BCUT2D eigenvalue weighted by atomic mass is 10.0. The van der Waals surface area contributed by atoms with Crippen molar-refractivity contribution in [2.75, 3.05) is 0 Å². The van der Waals surface area contributed by atoms with Crippen molar-refractivity contribution >= 4 is 11.9 Å². The number of nitriles is 1. The highest BCUT2D eigenvalue weighted by atomic mass is 14.7. The van der Waals surface area contributed by atoms with E-state index in [2.05, 4.69) is 37.9 Å². The molecule has 0 N–H and O–H groups in total. The Balaban J connectivity index is 2.41. The van der Waals surface area contributed by atoms with E-state index in [4.69, 9.17) is 5.26 Å². The number of aliphatic imine (C=N–C) groups is 1. The summed E-state index contributed by atoms with van der Waals surface area (Å²) in [6, 6.07) is 9.51. The molecule has 0 fully saturated rings. The van der Waals surface area contributed by atoms with Crippen LogP contribution < -0.4 is 0 Å². The van der Waals surface area contributed by atoms with E-state index < -0.39 is 0 Å². The highest BCUT2D eigenvalue weighted by molar-refractivity contribution is 5.64. The number of hydrogen-bond donors (Lipinski definition) is 0. The zero-order valence-electron chi connectivity index (χ0n) is 12.1. The van der Waals surface area contributed by atoms with Crippen LogP contribution in [0.2, 0.25) is 0 Å². The molecule has 100 valence electrons. The summed E-state index contributed by atoms with van der Waals surface area (Å²) in [6.45, 7) is 6.51. The molecule has 1 aromatic rings. The van der Waals surface area contributed by atoms with Crippen LogP contribution in [0.15, 0.2) is 40.9 Å². The van der Waals surface area contributed by atoms with Gasteiger partial charge in [-0.15, -0.1) is 0 Å². The van der Waals surface area contributed by atoms with Gasteiger partial charge >= 0.3 is 0 Å². The molecule has 0 bridgehead atoms. The normalized spacial score (nSPS) is 12.1. The van der Waals surface area contributed by atoms with Gasteiger partial charge in [-0.1, -0.05) is 24.6 Å². The first kappa shape index (κ1) is 15.2. The van der Waals surface area contributed by atoms with Crippen molar-refractivity contribution in [2.45, 2.75) is 40.0 Å². The summed E-state index contributed by atoms with van der Waals surface area (Å²) in [6.07, 6.45) is 7.55. The summed E-state index contributed by atoms with van der Waals surface area (Å²) in [5.74, 6) is 0.637. The molecule has 2 nitrogen and oxygen atoms in total. The molecule has 0 saturated heterocycles. The molecule has 0 radical (unpaired) electrons. The lowest BCUT2D eigenvalue weighted by Gasteiger charge is -2.05. The highest BCUT2D eigenvalue weighted by Crippen LogP contribution is 2.15. The minimum Gasteiger partial charge on any atom is -0.261 e. The molecular formula is C17H22N2. The van der Waals surface area contributed by atoms with Gasteiger partial charge in [0.15, 0.2) is 0 Å². The first-order valence-electron chi connectivity index (χ1n) is 6.78. The monoisotopic (exact) mass is 254 g/mol. The van der Waals surface area contributed by atoms with E-state index >= 15 is 0 Å². The molecule has 1 unspecified atom stereocenters. The standard InChI is InChI=1S/C17H22N2/c1-14(2)6-4-7-15(3)10-11-19-17-9-5-8-16(12-17)13-18/h5-6,8-9,11-12,15H,4,7,10H2,1-3H3. The van der Waals surface area contributed by atoms with E-state index in [1.165, 1.54) is 12.0 Å². The van der Waals surface area contributed by atoms with Gasteiger partial charge in [0, 0.05) is 6.21 Å². The third-order valence-corrected chi connectivity index (χ3v) is 2.94. The average molecular weight is 254 g/mol. The van der Waals surface area contributed by atoms with Crippen LogP contribution in [-0.2, 0) is 0 Å². The van der Waals surface area contributed by atoms with Crippen molar-refractivity contribution in [1.82, 2.24) is 0 Å². The van der Waals surface area contributed by atoms with Crippen LogP contribution in [-0.4, -0.2) is 6.21 Å². The van der Waals surface area contributed by atoms with Crippen LogP contribution in [0.25, 0.3) is 0 Å². The average Bonchev–Trinajstić information content (AvgIpc) is 2.38. The first-order chi connectivity index (χ1) is 9.11. The Labute approximate surface area is 116 Å². The summed E-state index contributed by atoms with van der Waals surface area (Å²) in [4.78, 5) is 4.41. The fourth-order valence-electron chi connectivity index (χ4n) is 1.77. The Bertz CT molecular complexity index is 488. The van der Waals surface area contributed by atoms with Gasteiger partial charge in [-0.05, 0) is 57.2 Å². The maximum atomic E-state index is 8.81. The molecule has 0 aromatic heterocycles. The molecule has 1 atom stereocenters. The number of benzene rings is 1. The van der Waals surface area contributed by atoms with Crippen molar-refractivity contribution < 1.29 is 0 Å². The maximum absolute atomic E-state index is 8.81. The van der Waals surface area contributed by atoms with E-state index in [1.807, 2.05) is 24.4 Å². The fourth-order valence-corrected chi connectivity index (χ4v) is 1.77. The van der Waals surface area contributed by atoms with Crippen LogP contribution in [0, 0.1) is 17.2 Å². The summed E-state index contributed by atoms with van der Waals surface area (Å²) in [5.41, 5.74) is 2.90. The number of hydrogen-bond acceptors (Lipinski definition) is 2. The second-order valence-corrected chi connectivity index (χ2v) is 5.17. The molecule has 0 saturated carbocycles. The Hall–Kier alpha value is -1.88. The van der Waals surface area contributed by atoms with Crippen molar-refractivity contribution in [3.63, 3.8) is 0 Å². The smallest absolute Gasteiger partial charge is 0.0992 e. The Morgan fingerprint density at radius 2 is 2.21 bits per heavy atom. The van der Waals surface area contributed by atoms with Crippen LogP contribution in [0.1, 0.15) is 45.6 Å². The van der Waals surface area contributed by atoms with Crippen LogP contribution in [0.5, 0.6) is 0 Å².